The maximum atomic E-state index is 10.6. The van der Waals surface area contributed by atoms with Gasteiger partial charge in [-0.05, 0) is 12.2 Å². The van der Waals surface area contributed by atoms with Crippen molar-refractivity contribution in [1.82, 2.24) is 4.90 Å². The van der Waals surface area contributed by atoms with Crippen LogP contribution in [-0.2, 0) is 0 Å². The van der Waals surface area contributed by atoms with Gasteiger partial charge in [0.2, 0.25) is 0 Å². The number of amides is 2. The molecule has 0 unspecified atom stereocenters. The van der Waals surface area contributed by atoms with Gasteiger partial charge >= 0.3 is 6.03 Å². The molecule has 0 aromatic heterocycles. The molecule has 1 aliphatic heterocycles. The molecule has 0 aromatic rings. The second-order valence-electron chi connectivity index (χ2n) is 3.44. The molecule has 4 heteroatoms. The van der Waals surface area contributed by atoms with Gasteiger partial charge in [0, 0.05) is 18.3 Å². The highest BCUT2D eigenvalue weighted by Crippen LogP contribution is 2.22. The lowest BCUT2D eigenvalue weighted by atomic mass is 10.2. The van der Waals surface area contributed by atoms with E-state index in [0.29, 0.717) is 5.25 Å². The highest BCUT2D eigenvalue weighted by Gasteiger charge is 2.28. The van der Waals surface area contributed by atoms with E-state index in [9.17, 15) is 4.79 Å². The van der Waals surface area contributed by atoms with Crippen molar-refractivity contribution in [2.24, 2.45) is 5.73 Å². The van der Waals surface area contributed by atoms with Gasteiger partial charge in [-0.25, -0.2) is 4.79 Å². The first-order valence-electron chi connectivity index (χ1n) is 4.90. The summed E-state index contributed by atoms with van der Waals surface area (Å²) in [4.78, 5) is 12.3. The number of primary amides is 1. The van der Waals surface area contributed by atoms with Crippen LogP contribution in [0, 0.1) is 0 Å². The second kappa shape index (κ2) is 5.37. The van der Waals surface area contributed by atoms with Gasteiger partial charge in [-0.15, -0.1) is 0 Å². The lowest BCUT2D eigenvalue weighted by Crippen LogP contribution is -2.54. The third-order valence-electron chi connectivity index (χ3n) is 2.26. The summed E-state index contributed by atoms with van der Waals surface area (Å²) >= 11 is 1.97. The van der Waals surface area contributed by atoms with Crippen molar-refractivity contribution < 1.29 is 4.79 Å². The molecule has 0 saturated carbocycles. The van der Waals surface area contributed by atoms with Crippen molar-refractivity contribution in [3.63, 3.8) is 0 Å². The highest BCUT2D eigenvalue weighted by molar-refractivity contribution is 8.00. The number of carbonyl (C=O) groups is 1. The predicted octanol–water partition coefficient (Wildman–Crippen LogP) is 1.67. The first-order valence-corrected chi connectivity index (χ1v) is 5.95. The van der Waals surface area contributed by atoms with Crippen molar-refractivity contribution in [3.8, 4) is 0 Å². The van der Waals surface area contributed by atoms with Gasteiger partial charge in [0.15, 0.2) is 0 Å². The zero-order valence-corrected chi connectivity index (χ0v) is 8.98. The van der Waals surface area contributed by atoms with E-state index in [0.717, 1.165) is 13.1 Å². The number of hydrogen-bond donors (Lipinski definition) is 1. The largest absolute Gasteiger partial charge is 0.351 e. The van der Waals surface area contributed by atoms with Crippen LogP contribution in [0.15, 0.2) is 0 Å². The summed E-state index contributed by atoms with van der Waals surface area (Å²) in [6, 6.07) is -0.273. The van der Waals surface area contributed by atoms with Crippen LogP contribution in [-0.4, -0.2) is 35.0 Å². The van der Waals surface area contributed by atoms with E-state index in [2.05, 4.69) is 6.92 Å². The zero-order valence-electron chi connectivity index (χ0n) is 8.16. The Balaban J connectivity index is 1.93. The predicted molar refractivity (Wildman–Crippen MR) is 56.9 cm³/mol. The molecule has 1 rings (SSSR count). The molecule has 0 aromatic carbocycles. The molecule has 1 aliphatic rings. The maximum Gasteiger partial charge on any atom is 0.314 e. The van der Waals surface area contributed by atoms with Crippen LogP contribution >= 0.6 is 11.8 Å². The Kier molecular flexibility index (Phi) is 4.42. The molecule has 0 atom stereocenters. The quantitative estimate of drug-likeness (QED) is 0.689. The SMILES string of the molecule is CCCCCSC1CN(C(N)=O)C1. The maximum absolute atomic E-state index is 10.6. The molecule has 3 nitrogen and oxygen atoms in total. The smallest absolute Gasteiger partial charge is 0.314 e. The monoisotopic (exact) mass is 202 g/mol. The minimum Gasteiger partial charge on any atom is -0.351 e. The van der Waals surface area contributed by atoms with Crippen molar-refractivity contribution in [3.05, 3.63) is 0 Å². The summed E-state index contributed by atoms with van der Waals surface area (Å²) in [5, 5.41) is 0.643. The lowest BCUT2D eigenvalue weighted by molar-refractivity contribution is 0.181. The average molecular weight is 202 g/mol. The summed E-state index contributed by atoms with van der Waals surface area (Å²) in [5.74, 6) is 1.23. The van der Waals surface area contributed by atoms with Crippen molar-refractivity contribution in [1.29, 1.82) is 0 Å². The number of thioether (sulfide) groups is 1. The molecular weight excluding hydrogens is 184 g/mol. The second-order valence-corrected chi connectivity index (χ2v) is 4.85. The number of urea groups is 1. The average Bonchev–Trinajstić information content (AvgIpc) is 2.00. The van der Waals surface area contributed by atoms with Gasteiger partial charge in [0.05, 0.1) is 0 Å². The Labute approximate surface area is 84.0 Å². The molecule has 0 aliphatic carbocycles. The number of carbonyl (C=O) groups excluding carboxylic acids is 1. The molecule has 0 spiro atoms. The molecule has 1 saturated heterocycles. The van der Waals surface area contributed by atoms with E-state index in [1.165, 1.54) is 25.0 Å². The Morgan fingerprint density at radius 1 is 1.54 bits per heavy atom. The van der Waals surface area contributed by atoms with Crippen LogP contribution in [0.25, 0.3) is 0 Å². The first kappa shape index (κ1) is 10.7. The number of nitrogens with zero attached hydrogens (tertiary/aromatic N) is 1. The van der Waals surface area contributed by atoms with Crippen LogP contribution in [0.1, 0.15) is 26.2 Å². The van der Waals surface area contributed by atoms with Gasteiger partial charge < -0.3 is 10.6 Å². The molecule has 0 radical (unpaired) electrons. The van der Waals surface area contributed by atoms with E-state index in [4.69, 9.17) is 5.73 Å². The number of likely N-dealkylation sites (tertiary alicyclic amines) is 1. The third kappa shape index (κ3) is 3.46. The van der Waals surface area contributed by atoms with E-state index < -0.39 is 0 Å². The van der Waals surface area contributed by atoms with E-state index in [-0.39, 0.29) is 6.03 Å². The Hall–Kier alpha value is -0.380. The fourth-order valence-corrected chi connectivity index (χ4v) is 2.60. The molecule has 0 bridgehead atoms. The minimum atomic E-state index is -0.273. The molecular formula is C9H18N2OS. The van der Waals surface area contributed by atoms with Crippen molar-refractivity contribution in [2.45, 2.75) is 31.4 Å². The van der Waals surface area contributed by atoms with Crippen LogP contribution in [0.4, 0.5) is 4.79 Å². The zero-order chi connectivity index (χ0) is 9.68. The molecule has 1 fully saturated rings. The van der Waals surface area contributed by atoms with Crippen molar-refractivity contribution in [2.75, 3.05) is 18.8 Å². The van der Waals surface area contributed by atoms with E-state index >= 15 is 0 Å². The molecule has 13 heavy (non-hydrogen) atoms. The Morgan fingerprint density at radius 3 is 2.77 bits per heavy atom. The summed E-state index contributed by atoms with van der Waals surface area (Å²) in [5.41, 5.74) is 5.11. The summed E-state index contributed by atoms with van der Waals surface area (Å²) in [7, 11) is 0. The van der Waals surface area contributed by atoms with Gasteiger partial charge in [-0.3, -0.25) is 0 Å². The number of hydrogen-bond acceptors (Lipinski definition) is 2. The number of rotatable bonds is 5. The normalized spacial score (nSPS) is 17.2. The van der Waals surface area contributed by atoms with Crippen LogP contribution in [0.2, 0.25) is 0 Å². The summed E-state index contributed by atoms with van der Waals surface area (Å²) in [6.07, 6.45) is 3.89. The van der Waals surface area contributed by atoms with E-state index in [1.807, 2.05) is 11.8 Å². The summed E-state index contributed by atoms with van der Waals surface area (Å²) in [6.45, 7) is 3.92. The third-order valence-corrected chi connectivity index (χ3v) is 3.56. The minimum absolute atomic E-state index is 0.273. The van der Waals surface area contributed by atoms with Crippen LogP contribution in [0.3, 0.4) is 0 Å². The van der Waals surface area contributed by atoms with Crippen LogP contribution < -0.4 is 5.73 Å². The lowest BCUT2D eigenvalue weighted by Gasteiger charge is -2.37. The molecule has 1 heterocycles. The molecule has 76 valence electrons. The Morgan fingerprint density at radius 2 is 2.23 bits per heavy atom. The van der Waals surface area contributed by atoms with Crippen molar-refractivity contribution >= 4 is 17.8 Å². The molecule has 2 N–H and O–H groups in total. The first-order chi connectivity index (χ1) is 6.24. The van der Waals surface area contributed by atoms with Gasteiger partial charge in [-0.1, -0.05) is 19.8 Å². The highest BCUT2D eigenvalue weighted by atomic mass is 32.2. The Bertz CT molecular complexity index is 169. The molecule has 2 amide bonds. The van der Waals surface area contributed by atoms with Gasteiger partial charge in [0.1, 0.15) is 0 Å². The van der Waals surface area contributed by atoms with Crippen LogP contribution in [0.5, 0.6) is 0 Å². The standard InChI is InChI=1S/C9H18N2OS/c1-2-3-4-5-13-8-6-11(7-8)9(10)12/h8H,2-7H2,1H3,(H2,10,12). The van der Waals surface area contributed by atoms with Gasteiger partial charge in [-0.2, -0.15) is 11.8 Å². The topological polar surface area (TPSA) is 46.3 Å². The fourth-order valence-electron chi connectivity index (χ4n) is 1.33. The van der Waals surface area contributed by atoms with Gasteiger partial charge in [0.25, 0.3) is 0 Å². The van der Waals surface area contributed by atoms with E-state index in [1.54, 1.807) is 4.90 Å². The summed E-state index contributed by atoms with van der Waals surface area (Å²) < 4.78 is 0. The fraction of sp³-hybridized carbons (Fsp3) is 0.889. The number of unbranched alkanes of at least 4 members (excludes halogenated alkanes) is 2. The number of nitrogens with two attached hydrogens (primary N) is 1.